The van der Waals surface area contributed by atoms with Gasteiger partial charge in [0.05, 0.1) is 36.2 Å². The number of ether oxygens (including phenoxy) is 2. The highest BCUT2D eigenvalue weighted by Crippen LogP contribution is 2.40. The first-order valence-electron chi connectivity index (χ1n) is 14.1. The minimum Gasteiger partial charge on any atom is -0.381 e. The van der Waals surface area contributed by atoms with Crippen LogP contribution in [0.5, 0.6) is 0 Å². The molecule has 1 aromatic rings. The van der Waals surface area contributed by atoms with Crippen molar-refractivity contribution in [3.8, 4) is 0 Å². The van der Waals surface area contributed by atoms with Gasteiger partial charge in [0.2, 0.25) is 5.91 Å². The van der Waals surface area contributed by atoms with Gasteiger partial charge in [-0.15, -0.1) is 11.8 Å². The lowest BCUT2D eigenvalue weighted by Crippen LogP contribution is -2.50. The van der Waals surface area contributed by atoms with Crippen LogP contribution >= 0.6 is 11.8 Å². The van der Waals surface area contributed by atoms with Gasteiger partial charge in [0.25, 0.3) is 5.56 Å². The van der Waals surface area contributed by atoms with Crippen molar-refractivity contribution in [2.24, 2.45) is 0 Å². The number of amides is 1. The number of thioether (sulfide) groups is 1. The van der Waals surface area contributed by atoms with Gasteiger partial charge in [-0.05, 0) is 38.2 Å². The van der Waals surface area contributed by atoms with Gasteiger partial charge in [0, 0.05) is 74.3 Å². The Morgan fingerprint density at radius 3 is 2.90 bits per heavy atom. The molecule has 1 amide bonds. The smallest absolute Gasteiger partial charge is 0.381 e. The van der Waals surface area contributed by atoms with Crippen molar-refractivity contribution >= 4 is 17.7 Å². The third kappa shape index (κ3) is 6.08. The summed E-state index contributed by atoms with van der Waals surface area (Å²) in [5.74, 6) is 0.690. The van der Waals surface area contributed by atoms with Crippen molar-refractivity contribution in [3.63, 3.8) is 0 Å². The molecule has 4 atom stereocenters. The Balaban J connectivity index is 1.11. The molecule has 13 heteroatoms. The van der Waals surface area contributed by atoms with E-state index in [1.54, 1.807) is 16.7 Å². The molecule has 4 aliphatic heterocycles. The maximum Gasteiger partial charge on any atom is 0.416 e. The van der Waals surface area contributed by atoms with Crippen molar-refractivity contribution in [1.82, 2.24) is 25.0 Å². The van der Waals surface area contributed by atoms with E-state index in [-0.39, 0.29) is 49.5 Å². The maximum atomic E-state index is 13.3. The maximum absolute atomic E-state index is 13.3. The molecule has 0 saturated carbocycles. The number of carbonyl (C=O) groups excluding carboxylic acids is 1. The highest BCUT2D eigenvalue weighted by molar-refractivity contribution is 8.03. The molecule has 1 aromatic heterocycles. The Hall–Kier alpha value is -2.06. The summed E-state index contributed by atoms with van der Waals surface area (Å²) in [6.07, 6.45) is 0.237. The molecule has 0 spiro atoms. The van der Waals surface area contributed by atoms with Gasteiger partial charge in [0.15, 0.2) is 0 Å². The summed E-state index contributed by atoms with van der Waals surface area (Å²) in [4.78, 5) is 31.0. The van der Waals surface area contributed by atoms with Gasteiger partial charge >= 0.3 is 6.18 Å². The Morgan fingerprint density at radius 2 is 2.05 bits per heavy atom. The lowest BCUT2D eigenvalue weighted by atomic mass is 10.1. The van der Waals surface area contributed by atoms with Crippen LogP contribution in [0.2, 0.25) is 0 Å². The molecule has 5 heterocycles. The van der Waals surface area contributed by atoms with Crippen LogP contribution in [-0.4, -0.2) is 89.8 Å². The van der Waals surface area contributed by atoms with Gasteiger partial charge in [-0.25, -0.2) is 0 Å². The number of hydrogen-bond donors (Lipinski definition) is 2. The zero-order valence-electron chi connectivity index (χ0n) is 22.4. The quantitative estimate of drug-likeness (QED) is 0.527. The first-order chi connectivity index (χ1) is 19.2. The number of aromatic nitrogens is 1. The van der Waals surface area contributed by atoms with E-state index in [0.717, 1.165) is 63.8 Å². The van der Waals surface area contributed by atoms with Crippen molar-refractivity contribution in [1.29, 1.82) is 0 Å². The number of rotatable bonds is 6. The second-order valence-corrected chi connectivity index (χ2v) is 12.3. The summed E-state index contributed by atoms with van der Waals surface area (Å²) in [6, 6.07) is 1.86. The first kappa shape index (κ1) is 28.1. The van der Waals surface area contributed by atoms with E-state index >= 15 is 0 Å². The number of alkyl halides is 3. The summed E-state index contributed by atoms with van der Waals surface area (Å²) in [5, 5.41) is 6.63. The van der Waals surface area contributed by atoms with E-state index in [9.17, 15) is 22.8 Å². The fourth-order valence-electron chi connectivity index (χ4n) is 6.59. The molecule has 220 valence electrons. The SMILES string of the molecule is O=C(CN1CCn2c(cc(C(F)(F)F)cc2=O)C1)NC1CN(C2CCCOCC2)C[C@@H]1OC1CCC2=C1SCN2. The van der Waals surface area contributed by atoms with Gasteiger partial charge in [-0.1, -0.05) is 0 Å². The minimum atomic E-state index is -4.59. The molecule has 1 aliphatic carbocycles. The lowest BCUT2D eigenvalue weighted by Gasteiger charge is -2.30. The van der Waals surface area contributed by atoms with Crippen LogP contribution in [-0.2, 0) is 33.5 Å². The predicted molar refractivity (Wildman–Crippen MR) is 143 cm³/mol. The normalized spacial score (nSPS) is 29.7. The lowest BCUT2D eigenvalue weighted by molar-refractivity contribution is -0.138. The van der Waals surface area contributed by atoms with E-state index in [1.165, 1.54) is 15.2 Å². The molecule has 2 N–H and O–H groups in total. The number of fused-ring (bicyclic) bond motifs is 1. The fraction of sp³-hybridized carbons (Fsp3) is 0.704. The van der Waals surface area contributed by atoms with Gasteiger partial charge < -0.3 is 24.7 Å². The number of nitrogens with one attached hydrogen (secondary N) is 2. The largest absolute Gasteiger partial charge is 0.416 e. The minimum absolute atomic E-state index is 0.0385. The standard InChI is InChI=1S/C27H36F3N5O4S/c28-27(29,30)17-10-19-12-33(6-7-35(19)25(37)11-17)15-24(36)32-21-13-34(18-2-1-8-38-9-5-18)14-23(21)39-22-4-3-20-26(22)40-16-31-20/h10-11,18,21-23,31H,1-9,12-16H2,(H,32,36)/t18?,21?,22?,23-/m0/s1. The third-order valence-electron chi connectivity index (χ3n) is 8.61. The summed E-state index contributed by atoms with van der Waals surface area (Å²) in [7, 11) is 0. The van der Waals surface area contributed by atoms with Crippen molar-refractivity contribution in [2.75, 3.05) is 45.3 Å². The van der Waals surface area contributed by atoms with Gasteiger partial charge in [0.1, 0.15) is 0 Å². The van der Waals surface area contributed by atoms with Crippen LogP contribution in [0.1, 0.15) is 43.4 Å². The molecule has 9 nitrogen and oxygen atoms in total. The first-order valence-corrected chi connectivity index (χ1v) is 15.1. The van der Waals surface area contributed by atoms with Crippen molar-refractivity contribution in [3.05, 3.63) is 44.3 Å². The molecular formula is C27H36F3N5O4S. The Bertz CT molecular complexity index is 1200. The summed E-state index contributed by atoms with van der Waals surface area (Å²) in [6.45, 7) is 3.76. The van der Waals surface area contributed by atoms with E-state index < -0.39 is 17.3 Å². The van der Waals surface area contributed by atoms with Crippen LogP contribution in [0.4, 0.5) is 13.2 Å². The molecule has 5 aliphatic rings. The number of allylic oxidation sites excluding steroid dienone is 1. The Morgan fingerprint density at radius 1 is 1.18 bits per heavy atom. The Kier molecular flexibility index (Phi) is 8.19. The Labute approximate surface area is 235 Å². The van der Waals surface area contributed by atoms with E-state index in [0.29, 0.717) is 25.2 Å². The molecule has 2 saturated heterocycles. The second kappa shape index (κ2) is 11.7. The fourth-order valence-corrected chi connectivity index (χ4v) is 7.70. The topological polar surface area (TPSA) is 88.1 Å². The monoisotopic (exact) mass is 583 g/mol. The molecular weight excluding hydrogens is 547 g/mol. The highest BCUT2D eigenvalue weighted by atomic mass is 32.2. The van der Waals surface area contributed by atoms with Crippen molar-refractivity contribution < 1.29 is 27.4 Å². The number of nitrogens with zero attached hydrogens (tertiary/aromatic N) is 3. The number of carbonyl (C=O) groups is 1. The average molecular weight is 584 g/mol. The third-order valence-corrected chi connectivity index (χ3v) is 9.72. The van der Waals surface area contributed by atoms with E-state index in [2.05, 4.69) is 15.5 Å². The van der Waals surface area contributed by atoms with Gasteiger partial charge in [-0.3, -0.25) is 19.4 Å². The number of hydrogen-bond acceptors (Lipinski definition) is 8. The zero-order valence-corrected chi connectivity index (χ0v) is 23.2. The van der Waals surface area contributed by atoms with Crippen LogP contribution in [0.15, 0.2) is 27.5 Å². The van der Waals surface area contributed by atoms with Crippen LogP contribution in [0.3, 0.4) is 0 Å². The highest BCUT2D eigenvalue weighted by Gasteiger charge is 2.41. The number of pyridine rings is 1. The zero-order chi connectivity index (χ0) is 27.9. The van der Waals surface area contributed by atoms with Gasteiger partial charge in [-0.2, -0.15) is 13.2 Å². The van der Waals surface area contributed by atoms with Crippen molar-refractivity contribution in [2.45, 2.75) is 75.7 Å². The molecule has 2 fully saturated rings. The molecule has 0 aromatic carbocycles. The molecule has 3 unspecified atom stereocenters. The second-order valence-electron chi connectivity index (χ2n) is 11.3. The molecule has 0 bridgehead atoms. The summed E-state index contributed by atoms with van der Waals surface area (Å²) < 4.78 is 53.5. The number of halogens is 3. The summed E-state index contributed by atoms with van der Waals surface area (Å²) in [5.41, 5.74) is -0.0595. The summed E-state index contributed by atoms with van der Waals surface area (Å²) >= 11 is 1.80. The molecule has 6 rings (SSSR count). The van der Waals surface area contributed by atoms with Crippen LogP contribution in [0, 0.1) is 0 Å². The molecule has 40 heavy (non-hydrogen) atoms. The average Bonchev–Trinajstić information content (AvgIpc) is 3.56. The van der Waals surface area contributed by atoms with E-state index in [4.69, 9.17) is 9.47 Å². The van der Waals surface area contributed by atoms with Crippen LogP contribution < -0.4 is 16.2 Å². The number of likely N-dealkylation sites (tertiary alicyclic amines) is 1. The predicted octanol–water partition coefficient (Wildman–Crippen LogP) is 2.11. The molecule has 0 radical (unpaired) electrons. The van der Waals surface area contributed by atoms with E-state index in [1.807, 2.05) is 0 Å². The van der Waals surface area contributed by atoms with Crippen LogP contribution in [0.25, 0.3) is 0 Å².